The number of carbonyl (C=O) groups is 4. The van der Waals surface area contributed by atoms with Crippen LogP contribution in [0.25, 0.3) is 0 Å². The van der Waals surface area contributed by atoms with Gasteiger partial charge in [-0.15, -0.1) is 0 Å². The van der Waals surface area contributed by atoms with Crippen molar-refractivity contribution in [3.63, 3.8) is 0 Å². The van der Waals surface area contributed by atoms with Crippen LogP contribution in [-0.4, -0.2) is 58.1 Å². The monoisotopic (exact) mass is 335 g/mol. The van der Waals surface area contributed by atoms with Gasteiger partial charge in [0.1, 0.15) is 12.4 Å². The summed E-state index contributed by atoms with van der Waals surface area (Å²) >= 11 is 0. The Labute approximate surface area is 138 Å². The molecule has 8 heteroatoms. The van der Waals surface area contributed by atoms with E-state index in [1.807, 2.05) is 0 Å². The van der Waals surface area contributed by atoms with Gasteiger partial charge < -0.3 is 4.90 Å². The minimum atomic E-state index is -1.00. The molecule has 1 aromatic carbocycles. The van der Waals surface area contributed by atoms with Gasteiger partial charge in [0.05, 0.1) is 0 Å². The van der Waals surface area contributed by atoms with Gasteiger partial charge in [-0.3, -0.25) is 19.3 Å². The average molecular weight is 335 g/mol. The van der Waals surface area contributed by atoms with Crippen molar-refractivity contribution < 1.29 is 23.6 Å². The molecule has 24 heavy (non-hydrogen) atoms. The van der Waals surface area contributed by atoms with Crippen LogP contribution in [0.5, 0.6) is 0 Å². The third kappa shape index (κ3) is 3.42. The van der Waals surface area contributed by atoms with Crippen LogP contribution in [0.3, 0.4) is 0 Å². The van der Waals surface area contributed by atoms with E-state index >= 15 is 0 Å². The van der Waals surface area contributed by atoms with Crippen molar-refractivity contribution in [3.05, 3.63) is 35.6 Å². The Morgan fingerprint density at radius 2 is 1.71 bits per heavy atom. The minimum absolute atomic E-state index is 0.192. The van der Waals surface area contributed by atoms with Gasteiger partial charge in [0.25, 0.3) is 0 Å². The molecule has 2 rings (SSSR count). The van der Waals surface area contributed by atoms with E-state index in [4.69, 9.17) is 0 Å². The Bertz CT molecular complexity index is 687. The number of nitrogens with zero attached hydrogens (tertiary/aromatic N) is 3. The van der Waals surface area contributed by atoms with E-state index in [0.717, 1.165) is 4.90 Å². The highest BCUT2D eigenvalue weighted by molar-refractivity contribution is 6.45. The number of urea groups is 1. The molecule has 128 valence electrons. The predicted molar refractivity (Wildman–Crippen MR) is 82.0 cm³/mol. The molecule has 0 spiro atoms. The lowest BCUT2D eigenvalue weighted by Crippen LogP contribution is -2.42. The second-order valence-corrected chi connectivity index (χ2v) is 5.82. The molecule has 0 aliphatic carbocycles. The van der Waals surface area contributed by atoms with E-state index in [2.05, 4.69) is 0 Å². The highest BCUT2D eigenvalue weighted by Crippen LogP contribution is 2.15. The lowest BCUT2D eigenvalue weighted by atomic mass is 10.2. The molecule has 1 aliphatic heterocycles. The molecule has 0 radical (unpaired) electrons. The Hall–Kier alpha value is -2.77. The first-order chi connectivity index (χ1) is 11.2. The van der Waals surface area contributed by atoms with E-state index in [1.165, 1.54) is 36.2 Å². The molecule has 5 amide bonds. The summed E-state index contributed by atoms with van der Waals surface area (Å²) in [4.78, 5) is 50.8. The zero-order valence-electron chi connectivity index (χ0n) is 13.7. The van der Waals surface area contributed by atoms with Crippen LogP contribution in [0.2, 0.25) is 0 Å². The van der Waals surface area contributed by atoms with Crippen molar-refractivity contribution >= 4 is 23.8 Å². The quantitative estimate of drug-likeness (QED) is 0.594. The molecule has 0 N–H and O–H groups in total. The van der Waals surface area contributed by atoms with E-state index in [-0.39, 0.29) is 12.4 Å². The minimum Gasteiger partial charge on any atom is -0.340 e. The highest BCUT2D eigenvalue weighted by Gasteiger charge is 2.46. The maximum Gasteiger partial charge on any atom is 0.334 e. The van der Waals surface area contributed by atoms with Crippen molar-refractivity contribution in [1.29, 1.82) is 0 Å². The second-order valence-electron chi connectivity index (χ2n) is 5.82. The molecule has 0 saturated carbocycles. The molecular formula is C16H18FN3O4. The second kappa shape index (κ2) is 6.77. The lowest BCUT2D eigenvalue weighted by Gasteiger charge is -2.21. The fraction of sp³-hybridized carbons (Fsp3) is 0.375. The standard InChI is InChI=1S/C16H18FN3O4/c1-10(2)20-15(23)14(22)19(16(20)24)9-13(21)18(3)8-11-4-6-12(17)7-5-11/h4-7,10H,8-9H2,1-3H3. The Morgan fingerprint density at radius 3 is 2.21 bits per heavy atom. The number of halogens is 1. The van der Waals surface area contributed by atoms with Crippen LogP contribution in [0, 0.1) is 5.82 Å². The van der Waals surface area contributed by atoms with Gasteiger partial charge in [0.2, 0.25) is 5.91 Å². The number of hydrogen-bond donors (Lipinski definition) is 0. The van der Waals surface area contributed by atoms with Gasteiger partial charge in [0, 0.05) is 19.6 Å². The Kier molecular flexibility index (Phi) is 4.96. The van der Waals surface area contributed by atoms with Crippen LogP contribution >= 0.6 is 0 Å². The smallest absolute Gasteiger partial charge is 0.334 e. The summed E-state index contributed by atoms with van der Waals surface area (Å²) in [6.07, 6.45) is 0. The van der Waals surface area contributed by atoms with Crippen molar-refractivity contribution in [2.75, 3.05) is 13.6 Å². The molecular weight excluding hydrogens is 317 g/mol. The normalized spacial score (nSPS) is 14.8. The molecule has 7 nitrogen and oxygen atoms in total. The zero-order valence-corrected chi connectivity index (χ0v) is 13.7. The number of carbonyl (C=O) groups excluding carboxylic acids is 4. The van der Waals surface area contributed by atoms with Crippen molar-refractivity contribution in [2.45, 2.75) is 26.4 Å². The van der Waals surface area contributed by atoms with Gasteiger partial charge in [0.15, 0.2) is 0 Å². The number of hydrogen-bond acceptors (Lipinski definition) is 4. The van der Waals surface area contributed by atoms with Gasteiger partial charge in [-0.1, -0.05) is 12.1 Å². The van der Waals surface area contributed by atoms with Crippen LogP contribution in [0.15, 0.2) is 24.3 Å². The number of likely N-dealkylation sites (N-methyl/N-ethyl adjacent to an activating group) is 1. The highest BCUT2D eigenvalue weighted by atomic mass is 19.1. The topological polar surface area (TPSA) is 78.0 Å². The molecule has 1 heterocycles. The van der Waals surface area contributed by atoms with Crippen LogP contribution < -0.4 is 0 Å². The van der Waals surface area contributed by atoms with Gasteiger partial charge in [-0.2, -0.15) is 0 Å². The first kappa shape index (κ1) is 17.6. The van der Waals surface area contributed by atoms with E-state index in [0.29, 0.717) is 10.5 Å². The number of rotatable bonds is 5. The van der Waals surface area contributed by atoms with Crippen molar-refractivity contribution in [3.8, 4) is 0 Å². The molecule has 0 aromatic heterocycles. The van der Waals surface area contributed by atoms with Crippen molar-refractivity contribution in [2.24, 2.45) is 0 Å². The van der Waals surface area contributed by atoms with E-state index in [1.54, 1.807) is 13.8 Å². The maximum absolute atomic E-state index is 12.9. The molecule has 1 fully saturated rings. The Morgan fingerprint density at radius 1 is 1.12 bits per heavy atom. The summed E-state index contributed by atoms with van der Waals surface area (Å²) in [5, 5.41) is 0. The maximum atomic E-state index is 12.9. The molecule has 1 aromatic rings. The first-order valence-corrected chi connectivity index (χ1v) is 7.39. The van der Waals surface area contributed by atoms with Crippen LogP contribution in [-0.2, 0) is 20.9 Å². The largest absolute Gasteiger partial charge is 0.340 e. The average Bonchev–Trinajstić information content (AvgIpc) is 2.73. The van der Waals surface area contributed by atoms with Gasteiger partial charge >= 0.3 is 17.8 Å². The fourth-order valence-electron chi connectivity index (χ4n) is 2.32. The summed E-state index contributed by atoms with van der Waals surface area (Å²) in [5.74, 6) is -2.81. The van der Waals surface area contributed by atoms with Gasteiger partial charge in [-0.25, -0.2) is 14.1 Å². The van der Waals surface area contributed by atoms with E-state index in [9.17, 15) is 23.6 Å². The zero-order chi connectivity index (χ0) is 18.0. The summed E-state index contributed by atoms with van der Waals surface area (Å²) in [6.45, 7) is 2.89. The third-order valence-electron chi connectivity index (χ3n) is 3.65. The summed E-state index contributed by atoms with van der Waals surface area (Å²) < 4.78 is 12.9. The molecule has 1 saturated heterocycles. The first-order valence-electron chi connectivity index (χ1n) is 7.39. The van der Waals surface area contributed by atoms with Crippen molar-refractivity contribution in [1.82, 2.24) is 14.7 Å². The fourth-order valence-corrected chi connectivity index (χ4v) is 2.32. The van der Waals surface area contributed by atoms with E-state index < -0.39 is 36.3 Å². The molecule has 0 bridgehead atoms. The molecule has 0 unspecified atom stereocenters. The van der Waals surface area contributed by atoms with Crippen LogP contribution in [0.1, 0.15) is 19.4 Å². The summed E-state index contributed by atoms with van der Waals surface area (Å²) in [5.41, 5.74) is 0.700. The number of amides is 5. The third-order valence-corrected chi connectivity index (χ3v) is 3.65. The molecule has 0 atom stereocenters. The van der Waals surface area contributed by atoms with Gasteiger partial charge in [-0.05, 0) is 31.5 Å². The molecule has 1 aliphatic rings. The summed E-state index contributed by atoms with van der Waals surface area (Å²) in [6, 6.07) is 4.38. The Balaban J connectivity index is 2.03. The number of imide groups is 2. The summed E-state index contributed by atoms with van der Waals surface area (Å²) in [7, 11) is 1.50. The lowest BCUT2D eigenvalue weighted by molar-refractivity contribution is -0.145. The number of benzene rings is 1. The SMILES string of the molecule is CC(C)N1C(=O)C(=O)N(CC(=O)N(C)Cc2ccc(F)cc2)C1=O. The predicted octanol–water partition coefficient (Wildman–Crippen LogP) is 0.983. The van der Waals surface area contributed by atoms with Crippen LogP contribution in [0.4, 0.5) is 9.18 Å².